The second-order valence-electron chi connectivity index (χ2n) is 6.75. The van der Waals surface area contributed by atoms with Crippen molar-refractivity contribution in [3.05, 3.63) is 59.8 Å². The number of ether oxygens (including phenoxy) is 3. The van der Waals surface area contributed by atoms with Crippen LogP contribution in [0.3, 0.4) is 0 Å². The maximum atomic E-state index is 5.61. The summed E-state index contributed by atoms with van der Waals surface area (Å²) in [5.41, 5.74) is 3.50. The lowest BCUT2D eigenvalue weighted by molar-refractivity contribution is 0.324. The largest absolute Gasteiger partial charge is 0.493 e. The highest BCUT2D eigenvalue weighted by molar-refractivity contribution is 8.18. The normalized spacial score (nSPS) is 16.2. The number of hydrogen-bond donors (Lipinski definition) is 1. The number of benzene rings is 2. The molecular formula is C23H25NO3S2. The van der Waals surface area contributed by atoms with Crippen molar-refractivity contribution in [3.8, 4) is 17.2 Å². The zero-order valence-electron chi connectivity index (χ0n) is 16.9. The van der Waals surface area contributed by atoms with Crippen LogP contribution < -0.4 is 14.2 Å². The molecule has 0 aliphatic carbocycles. The van der Waals surface area contributed by atoms with Gasteiger partial charge < -0.3 is 19.2 Å². The molecule has 0 unspecified atom stereocenters. The van der Waals surface area contributed by atoms with Gasteiger partial charge in [0.2, 0.25) is 5.75 Å². The number of para-hydroxylation sites is 1. The molecule has 152 valence electrons. The number of thioether (sulfide) groups is 2. The Hall–Kier alpha value is -2.18. The van der Waals surface area contributed by atoms with Gasteiger partial charge in [0.25, 0.3) is 0 Å². The Labute approximate surface area is 180 Å². The Bertz CT molecular complexity index is 997. The minimum Gasteiger partial charge on any atom is -0.493 e. The van der Waals surface area contributed by atoms with Crippen molar-refractivity contribution in [2.45, 2.75) is 10.5 Å². The van der Waals surface area contributed by atoms with Crippen molar-refractivity contribution in [3.63, 3.8) is 0 Å². The summed E-state index contributed by atoms with van der Waals surface area (Å²) >= 11 is 3.91. The van der Waals surface area contributed by atoms with E-state index in [1.807, 2.05) is 23.5 Å². The van der Waals surface area contributed by atoms with Gasteiger partial charge in [0.05, 0.1) is 21.3 Å². The van der Waals surface area contributed by atoms with Crippen LogP contribution in [0.4, 0.5) is 0 Å². The van der Waals surface area contributed by atoms with E-state index in [0.717, 1.165) is 22.6 Å². The lowest BCUT2D eigenvalue weighted by Gasteiger charge is -2.34. The number of aromatic nitrogens is 1. The van der Waals surface area contributed by atoms with Gasteiger partial charge in [0.15, 0.2) is 11.5 Å². The second kappa shape index (κ2) is 8.67. The molecule has 1 aliphatic heterocycles. The van der Waals surface area contributed by atoms with Crippen LogP contribution in [0.2, 0.25) is 0 Å². The van der Waals surface area contributed by atoms with E-state index in [4.69, 9.17) is 14.2 Å². The first kappa shape index (κ1) is 20.1. The first-order valence-electron chi connectivity index (χ1n) is 9.54. The monoisotopic (exact) mass is 427 g/mol. The maximum absolute atomic E-state index is 5.61. The van der Waals surface area contributed by atoms with Crippen LogP contribution in [0.1, 0.15) is 17.5 Å². The highest BCUT2D eigenvalue weighted by atomic mass is 32.2. The minimum atomic E-state index is -0.205. The Kier molecular flexibility index (Phi) is 6.01. The van der Waals surface area contributed by atoms with Gasteiger partial charge in [0.1, 0.15) is 4.08 Å². The van der Waals surface area contributed by atoms with Gasteiger partial charge in [-0.15, -0.1) is 23.5 Å². The fraction of sp³-hybridized carbons (Fsp3) is 0.304. The number of rotatable bonds is 6. The summed E-state index contributed by atoms with van der Waals surface area (Å²) in [4.78, 5) is 3.36. The summed E-state index contributed by atoms with van der Waals surface area (Å²) in [6, 6.07) is 12.5. The van der Waals surface area contributed by atoms with Crippen molar-refractivity contribution >= 4 is 40.5 Å². The number of methoxy groups -OCH3 is 3. The predicted molar refractivity (Wildman–Crippen MR) is 125 cm³/mol. The molecule has 1 saturated heterocycles. The summed E-state index contributed by atoms with van der Waals surface area (Å²) in [7, 11) is 4.96. The second-order valence-corrected chi connectivity index (χ2v) is 9.70. The van der Waals surface area contributed by atoms with Crippen LogP contribution in [0.5, 0.6) is 17.2 Å². The molecule has 0 atom stereocenters. The quantitative estimate of drug-likeness (QED) is 0.528. The highest BCUT2D eigenvalue weighted by Gasteiger charge is 2.35. The van der Waals surface area contributed by atoms with Crippen LogP contribution >= 0.6 is 23.5 Å². The average Bonchev–Trinajstić information content (AvgIpc) is 3.20. The van der Waals surface area contributed by atoms with Crippen molar-refractivity contribution in [1.29, 1.82) is 0 Å². The number of H-pyrrole nitrogens is 1. The molecule has 4 nitrogen and oxygen atoms in total. The molecule has 0 amide bonds. The Balaban J connectivity index is 1.80. The predicted octanol–water partition coefficient (Wildman–Crippen LogP) is 5.93. The van der Waals surface area contributed by atoms with E-state index >= 15 is 0 Å². The van der Waals surface area contributed by atoms with Gasteiger partial charge in [-0.2, -0.15) is 0 Å². The number of nitrogens with one attached hydrogen (secondary N) is 1. The van der Waals surface area contributed by atoms with Crippen LogP contribution in [-0.2, 0) is 4.08 Å². The lowest BCUT2D eigenvalue weighted by atomic mass is 10.1. The zero-order valence-corrected chi connectivity index (χ0v) is 18.5. The summed E-state index contributed by atoms with van der Waals surface area (Å²) in [6.07, 6.45) is 7.83. The third-order valence-corrected chi connectivity index (χ3v) is 8.39. The van der Waals surface area contributed by atoms with Gasteiger partial charge >= 0.3 is 0 Å². The van der Waals surface area contributed by atoms with Gasteiger partial charge in [0, 0.05) is 17.1 Å². The van der Waals surface area contributed by atoms with Crippen molar-refractivity contribution in [2.24, 2.45) is 0 Å². The van der Waals surface area contributed by atoms with E-state index < -0.39 is 0 Å². The molecule has 6 heteroatoms. The molecule has 1 N–H and O–H groups in total. The van der Waals surface area contributed by atoms with Crippen molar-refractivity contribution in [1.82, 2.24) is 4.98 Å². The molecular weight excluding hydrogens is 402 g/mol. The zero-order chi connectivity index (χ0) is 20.3. The summed E-state index contributed by atoms with van der Waals surface area (Å²) < 4.78 is 16.5. The average molecular weight is 428 g/mol. The topological polar surface area (TPSA) is 43.5 Å². The van der Waals surface area contributed by atoms with Crippen LogP contribution in [0, 0.1) is 0 Å². The molecule has 29 heavy (non-hydrogen) atoms. The third kappa shape index (κ3) is 3.83. The molecule has 0 radical (unpaired) electrons. The molecule has 3 aromatic rings. The Morgan fingerprint density at radius 2 is 1.66 bits per heavy atom. The van der Waals surface area contributed by atoms with Gasteiger partial charge in [-0.3, -0.25) is 0 Å². The van der Waals surface area contributed by atoms with Crippen molar-refractivity contribution in [2.75, 3.05) is 32.8 Å². The molecule has 0 saturated carbocycles. The van der Waals surface area contributed by atoms with Gasteiger partial charge in [-0.1, -0.05) is 30.4 Å². The summed E-state index contributed by atoms with van der Waals surface area (Å²) in [5.74, 6) is 4.23. The van der Waals surface area contributed by atoms with Crippen molar-refractivity contribution < 1.29 is 14.2 Å². The van der Waals surface area contributed by atoms with E-state index in [-0.39, 0.29) is 4.08 Å². The smallest absolute Gasteiger partial charge is 0.203 e. The number of fused-ring (bicyclic) bond motifs is 1. The molecule has 4 rings (SSSR count). The van der Waals surface area contributed by atoms with E-state index in [1.165, 1.54) is 17.4 Å². The first-order chi connectivity index (χ1) is 14.2. The first-order valence-corrected chi connectivity index (χ1v) is 11.5. The van der Waals surface area contributed by atoms with Crippen LogP contribution in [0.15, 0.2) is 48.7 Å². The SMILES string of the molecule is COc1cc(C2(/C=C/c3c[nH]c4ccccc34)SCCCS2)cc(OC)c1OC. The maximum Gasteiger partial charge on any atom is 0.203 e. The molecule has 2 heterocycles. The molecule has 0 bridgehead atoms. The fourth-order valence-corrected chi connectivity index (χ4v) is 6.72. The van der Waals surface area contributed by atoms with E-state index in [9.17, 15) is 0 Å². The lowest BCUT2D eigenvalue weighted by Crippen LogP contribution is -2.20. The van der Waals surface area contributed by atoms with Crippen LogP contribution in [0.25, 0.3) is 17.0 Å². The summed E-state index contributed by atoms with van der Waals surface area (Å²) in [6.45, 7) is 0. The standard InChI is InChI=1S/C23H25NO3S2/c1-25-20-13-17(14-21(26-2)22(20)27-3)23(28-11-6-12-29-23)10-9-16-15-24-19-8-5-4-7-18(16)19/h4-5,7-10,13-15,24H,6,11-12H2,1-3H3/b10-9+. The third-order valence-electron chi connectivity index (χ3n) is 5.09. The summed E-state index contributed by atoms with van der Waals surface area (Å²) in [5, 5.41) is 1.23. The molecule has 1 aromatic heterocycles. The molecule has 2 aromatic carbocycles. The van der Waals surface area contributed by atoms with Gasteiger partial charge in [-0.25, -0.2) is 0 Å². The van der Waals surface area contributed by atoms with Crippen LogP contribution in [-0.4, -0.2) is 37.8 Å². The molecule has 0 spiro atoms. The van der Waals surface area contributed by atoms with E-state index in [1.54, 1.807) is 21.3 Å². The Morgan fingerprint density at radius 1 is 0.966 bits per heavy atom. The Morgan fingerprint density at radius 3 is 2.31 bits per heavy atom. The van der Waals surface area contributed by atoms with Gasteiger partial charge in [-0.05, 0) is 47.3 Å². The van der Waals surface area contributed by atoms with E-state index in [0.29, 0.717) is 17.2 Å². The number of hydrogen-bond acceptors (Lipinski definition) is 5. The fourth-order valence-electron chi connectivity index (χ4n) is 3.62. The molecule has 1 aliphatic rings. The van der Waals surface area contributed by atoms with E-state index in [2.05, 4.69) is 59.7 Å². The highest BCUT2D eigenvalue weighted by Crippen LogP contribution is 2.54. The minimum absolute atomic E-state index is 0.205. The molecule has 1 fully saturated rings. The number of aromatic amines is 1.